The lowest BCUT2D eigenvalue weighted by Gasteiger charge is -2.28. The van der Waals surface area contributed by atoms with Crippen molar-refractivity contribution in [2.45, 2.75) is 30.8 Å². The number of carbonyl (C=O) groups excluding carboxylic acids is 1. The van der Waals surface area contributed by atoms with Gasteiger partial charge >= 0.3 is 0 Å². The fraction of sp³-hybridized carbons (Fsp3) is 0.353. The van der Waals surface area contributed by atoms with Gasteiger partial charge in [-0.3, -0.25) is 9.59 Å². The predicted molar refractivity (Wildman–Crippen MR) is 99.7 cm³/mol. The number of benzene rings is 1. The average Bonchev–Trinajstić information content (AvgIpc) is 2.56. The van der Waals surface area contributed by atoms with E-state index in [1.165, 1.54) is 11.8 Å². The number of carbonyl (C=O) groups is 1. The molecular weight excluding hydrogens is 390 g/mol. The Hall–Kier alpha value is -1.60. The van der Waals surface area contributed by atoms with E-state index in [-0.39, 0.29) is 23.8 Å². The van der Waals surface area contributed by atoms with Crippen LogP contribution in [0.5, 0.6) is 0 Å². The molecule has 24 heavy (non-hydrogen) atoms. The van der Waals surface area contributed by atoms with Crippen LogP contribution in [0.2, 0.25) is 0 Å². The molecule has 2 aromatic rings. The first-order chi connectivity index (χ1) is 11.5. The molecule has 3 rings (SSSR count). The molecule has 1 aliphatic rings. The van der Waals surface area contributed by atoms with E-state index in [0.29, 0.717) is 16.5 Å². The number of hydrogen-bond acceptors (Lipinski definition) is 4. The maximum absolute atomic E-state index is 12.7. The highest BCUT2D eigenvalue weighted by molar-refractivity contribution is 9.10. The number of hydrogen-bond donors (Lipinski definition) is 1. The number of thioether (sulfide) groups is 1. The zero-order chi connectivity index (χ0) is 17.3. The number of halogens is 1. The van der Waals surface area contributed by atoms with Crippen LogP contribution in [0.25, 0.3) is 0 Å². The molecule has 0 fully saturated rings. The van der Waals surface area contributed by atoms with E-state index in [1.807, 2.05) is 35.9 Å². The highest BCUT2D eigenvalue weighted by Gasteiger charge is 2.32. The van der Waals surface area contributed by atoms with Crippen LogP contribution in [0.1, 0.15) is 36.8 Å². The molecule has 2 heterocycles. The number of amides is 1. The molecule has 0 saturated heterocycles. The van der Waals surface area contributed by atoms with Crippen molar-refractivity contribution in [3.8, 4) is 0 Å². The normalized spacial score (nSPS) is 16.6. The van der Waals surface area contributed by atoms with Crippen LogP contribution in [0.3, 0.4) is 0 Å². The van der Waals surface area contributed by atoms with Gasteiger partial charge in [-0.05, 0) is 18.1 Å². The fourth-order valence-corrected chi connectivity index (χ4v) is 4.26. The van der Waals surface area contributed by atoms with Crippen molar-refractivity contribution in [1.82, 2.24) is 9.55 Å². The molecule has 0 radical (unpaired) electrons. The van der Waals surface area contributed by atoms with E-state index in [0.717, 1.165) is 22.2 Å². The summed E-state index contributed by atoms with van der Waals surface area (Å²) in [6.45, 7) is 2.08. The first-order valence-corrected chi connectivity index (χ1v) is 9.58. The molecule has 126 valence electrons. The van der Waals surface area contributed by atoms with Crippen molar-refractivity contribution in [3.63, 3.8) is 0 Å². The van der Waals surface area contributed by atoms with Crippen molar-refractivity contribution < 1.29 is 4.79 Å². The van der Waals surface area contributed by atoms with Gasteiger partial charge in [-0.2, -0.15) is 4.98 Å². The molecule has 1 aromatic carbocycles. The number of anilines is 1. The van der Waals surface area contributed by atoms with Crippen molar-refractivity contribution in [3.05, 3.63) is 50.2 Å². The van der Waals surface area contributed by atoms with Crippen LogP contribution in [0.4, 0.5) is 5.82 Å². The van der Waals surface area contributed by atoms with Gasteiger partial charge in [0.1, 0.15) is 5.82 Å². The van der Waals surface area contributed by atoms with Crippen LogP contribution in [0, 0.1) is 0 Å². The van der Waals surface area contributed by atoms with Crippen molar-refractivity contribution in [1.29, 1.82) is 0 Å². The van der Waals surface area contributed by atoms with Crippen molar-refractivity contribution >= 4 is 39.4 Å². The Labute approximate surface area is 153 Å². The lowest BCUT2D eigenvalue weighted by atomic mass is 9.87. The molecule has 1 aromatic heterocycles. The predicted octanol–water partition coefficient (Wildman–Crippen LogP) is 3.52. The van der Waals surface area contributed by atoms with Crippen LogP contribution < -0.4 is 10.9 Å². The van der Waals surface area contributed by atoms with Crippen LogP contribution >= 0.6 is 27.7 Å². The number of fused-ring (bicyclic) bond motifs is 1. The van der Waals surface area contributed by atoms with Gasteiger partial charge < -0.3 is 9.88 Å². The fourth-order valence-electron chi connectivity index (χ4n) is 2.88. The topological polar surface area (TPSA) is 64.0 Å². The SMILES string of the molecule is CCCSc1nc(=O)c2c(n1C)NC(=O)CC2c1ccccc1Br. The lowest BCUT2D eigenvalue weighted by Crippen LogP contribution is -2.33. The third-order valence-corrected chi connectivity index (χ3v) is 5.97. The molecule has 0 bridgehead atoms. The average molecular weight is 408 g/mol. The Bertz CT molecular complexity index is 850. The summed E-state index contributed by atoms with van der Waals surface area (Å²) < 4.78 is 2.71. The largest absolute Gasteiger partial charge is 0.312 e. The highest BCUT2D eigenvalue weighted by Crippen LogP contribution is 2.38. The summed E-state index contributed by atoms with van der Waals surface area (Å²) >= 11 is 5.06. The maximum Gasteiger partial charge on any atom is 0.279 e. The second-order valence-electron chi connectivity index (χ2n) is 5.70. The minimum Gasteiger partial charge on any atom is -0.312 e. The highest BCUT2D eigenvalue weighted by atomic mass is 79.9. The molecule has 1 atom stereocenters. The van der Waals surface area contributed by atoms with Crippen LogP contribution in [0.15, 0.2) is 38.7 Å². The van der Waals surface area contributed by atoms with Gasteiger partial charge in [0.2, 0.25) is 5.91 Å². The molecule has 1 unspecified atom stereocenters. The number of nitrogens with one attached hydrogen (secondary N) is 1. The van der Waals surface area contributed by atoms with Crippen LogP contribution in [-0.2, 0) is 11.8 Å². The van der Waals surface area contributed by atoms with Gasteiger partial charge in [-0.1, -0.05) is 52.8 Å². The summed E-state index contributed by atoms with van der Waals surface area (Å²) in [5.74, 6) is 1.06. The van der Waals surface area contributed by atoms with Gasteiger partial charge in [0, 0.05) is 29.6 Å². The Morgan fingerprint density at radius 2 is 2.12 bits per heavy atom. The summed E-state index contributed by atoms with van der Waals surface area (Å²) in [6.07, 6.45) is 1.23. The van der Waals surface area contributed by atoms with E-state index in [2.05, 4.69) is 33.2 Å². The third kappa shape index (κ3) is 3.15. The second kappa shape index (κ2) is 7.11. The van der Waals surface area contributed by atoms with E-state index in [4.69, 9.17) is 0 Å². The summed E-state index contributed by atoms with van der Waals surface area (Å²) in [4.78, 5) is 29.2. The molecule has 5 nitrogen and oxygen atoms in total. The molecule has 0 spiro atoms. The van der Waals surface area contributed by atoms with Gasteiger partial charge in [-0.15, -0.1) is 0 Å². The summed E-state index contributed by atoms with van der Waals surface area (Å²) in [5.41, 5.74) is 1.23. The van der Waals surface area contributed by atoms with Gasteiger partial charge in [0.05, 0.1) is 5.56 Å². The van der Waals surface area contributed by atoms with Crippen molar-refractivity contribution in [2.75, 3.05) is 11.1 Å². The monoisotopic (exact) mass is 407 g/mol. The first-order valence-electron chi connectivity index (χ1n) is 7.81. The van der Waals surface area contributed by atoms with Crippen LogP contribution in [-0.4, -0.2) is 21.2 Å². The standard InChI is InChI=1S/C17H18BrN3O2S/c1-3-8-24-17-20-16(23)14-11(10-6-4-5-7-12(10)18)9-13(22)19-15(14)21(17)2/h4-7,11H,3,8-9H2,1-2H3,(H,19,22). The number of rotatable bonds is 4. The minimum atomic E-state index is -0.291. The Balaban J connectivity index is 2.17. The minimum absolute atomic E-state index is 0.0871. The number of nitrogens with zero attached hydrogens (tertiary/aromatic N) is 2. The second-order valence-corrected chi connectivity index (χ2v) is 7.61. The zero-order valence-electron chi connectivity index (χ0n) is 13.5. The Kier molecular flexibility index (Phi) is 5.10. The molecule has 0 saturated carbocycles. The molecule has 0 aliphatic carbocycles. The summed E-state index contributed by atoms with van der Waals surface area (Å²) in [6, 6.07) is 7.69. The smallest absolute Gasteiger partial charge is 0.279 e. The van der Waals surface area contributed by atoms with E-state index < -0.39 is 0 Å². The molecule has 1 amide bonds. The van der Waals surface area contributed by atoms with Crippen molar-refractivity contribution in [2.24, 2.45) is 7.05 Å². The van der Waals surface area contributed by atoms with E-state index >= 15 is 0 Å². The molecular formula is C17H18BrN3O2S. The number of aromatic nitrogens is 2. The Morgan fingerprint density at radius 1 is 1.38 bits per heavy atom. The van der Waals surface area contributed by atoms with E-state index in [9.17, 15) is 9.59 Å². The molecule has 1 N–H and O–H groups in total. The summed E-state index contributed by atoms with van der Waals surface area (Å²) in [7, 11) is 1.84. The van der Waals surface area contributed by atoms with Gasteiger partial charge in [0.25, 0.3) is 5.56 Å². The third-order valence-electron chi connectivity index (χ3n) is 4.02. The van der Waals surface area contributed by atoms with Gasteiger partial charge in [0.15, 0.2) is 5.16 Å². The van der Waals surface area contributed by atoms with Gasteiger partial charge in [-0.25, -0.2) is 0 Å². The van der Waals surface area contributed by atoms with E-state index in [1.54, 1.807) is 0 Å². The maximum atomic E-state index is 12.7. The lowest BCUT2D eigenvalue weighted by molar-refractivity contribution is -0.116. The molecule has 1 aliphatic heterocycles. The molecule has 7 heteroatoms. The quantitative estimate of drug-likeness (QED) is 0.621. The summed E-state index contributed by atoms with van der Waals surface area (Å²) in [5, 5.41) is 3.49. The first kappa shape index (κ1) is 17.2. The zero-order valence-corrected chi connectivity index (χ0v) is 15.9. The Morgan fingerprint density at radius 3 is 2.83 bits per heavy atom.